The third kappa shape index (κ3) is 3.72. The zero-order valence-electron chi connectivity index (χ0n) is 9.38. The van der Waals surface area contributed by atoms with Crippen LogP contribution in [0.3, 0.4) is 0 Å². The summed E-state index contributed by atoms with van der Waals surface area (Å²) in [4.78, 5) is 16.2. The maximum Gasteiger partial charge on any atom is 0.222 e. The summed E-state index contributed by atoms with van der Waals surface area (Å²) in [7, 11) is 0. The van der Waals surface area contributed by atoms with Crippen molar-refractivity contribution in [1.82, 2.24) is 4.90 Å². The molecule has 1 saturated heterocycles. The molecule has 0 radical (unpaired) electrons. The molecule has 6 nitrogen and oxygen atoms in total. The van der Waals surface area contributed by atoms with Gasteiger partial charge in [0.1, 0.15) is 0 Å². The average molecular weight is 226 g/mol. The highest BCUT2D eigenvalue weighted by Gasteiger charge is 2.27. The Morgan fingerprint density at radius 1 is 1.56 bits per heavy atom. The van der Waals surface area contributed by atoms with Crippen LogP contribution in [0.25, 0.3) is 10.4 Å². The molecule has 1 rings (SSSR count). The van der Waals surface area contributed by atoms with Gasteiger partial charge in [-0.15, -0.1) is 0 Å². The Morgan fingerprint density at radius 2 is 2.38 bits per heavy atom. The van der Waals surface area contributed by atoms with E-state index in [0.29, 0.717) is 13.0 Å². The Labute approximate surface area is 94.9 Å². The van der Waals surface area contributed by atoms with Gasteiger partial charge in [0.25, 0.3) is 0 Å². The van der Waals surface area contributed by atoms with Crippen LogP contribution < -0.4 is 0 Å². The topological polar surface area (TPSA) is 89.3 Å². The molecule has 1 N–H and O–H groups in total. The minimum Gasteiger partial charge on any atom is -0.394 e. The van der Waals surface area contributed by atoms with E-state index in [1.807, 2.05) is 0 Å². The highest BCUT2D eigenvalue weighted by molar-refractivity contribution is 5.76. The second kappa shape index (κ2) is 7.09. The Bertz CT molecular complexity index is 276. The molecule has 0 aromatic heterocycles. The SMILES string of the molecule is [N-]=[N+]=NCCCCC(=O)N1CCCC1CO. The first-order valence-corrected chi connectivity index (χ1v) is 5.70. The van der Waals surface area contributed by atoms with Gasteiger partial charge in [-0.05, 0) is 31.2 Å². The second-order valence-corrected chi connectivity index (χ2v) is 3.98. The van der Waals surface area contributed by atoms with E-state index in [9.17, 15) is 4.79 Å². The number of unbranched alkanes of at least 4 members (excludes halogenated alkanes) is 1. The van der Waals surface area contributed by atoms with Crippen LogP contribution >= 0.6 is 0 Å². The number of hydrogen-bond acceptors (Lipinski definition) is 3. The monoisotopic (exact) mass is 226 g/mol. The maximum atomic E-state index is 11.8. The highest BCUT2D eigenvalue weighted by atomic mass is 16.3. The van der Waals surface area contributed by atoms with Gasteiger partial charge >= 0.3 is 0 Å². The number of nitrogens with zero attached hydrogens (tertiary/aromatic N) is 4. The van der Waals surface area contributed by atoms with Gasteiger partial charge in [0.05, 0.1) is 12.6 Å². The average Bonchev–Trinajstić information content (AvgIpc) is 2.76. The summed E-state index contributed by atoms with van der Waals surface area (Å²) in [6.45, 7) is 1.28. The fraction of sp³-hybridized carbons (Fsp3) is 0.900. The molecule has 1 heterocycles. The quantitative estimate of drug-likeness (QED) is 0.321. The maximum absolute atomic E-state index is 11.8. The van der Waals surface area contributed by atoms with Crippen molar-refractivity contribution in [3.05, 3.63) is 10.4 Å². The van der Waals surface area contributed by atoms with Crippen LogP contribution in [0.15, 0.2) is 5.11 Å². The van der Waals surface area contributed by atoms with E-state index < -0.39 is 0 Å². The molecule has 0 aliphatic carbocycles. The van der Waals surface area contributed by atoms with Gasteiger partial charge in [-0.1, -0.05) is 5.11 Å². The second-order valence-electron chi connectivity index (χ2n) is 3.98. The summed E-state index contributed by atoms with van der Waals surface area (Å²) in [5, 5.41) is 12.5. The number of likely N-dealkylation sites (tertiary alicyclic amines) is 1. The van der Waals surface area contributed by atoms with Crippen molar-refractivity contribution >= 4 is 5.91 Å². The van der Waals surface area contributed by atoms with E-state index in [1.54, 1.807) is 4.90 Å². The van der Waals surface area contributed by atoms with E-state index in [4.69, 9.17) is 10.6 Å². The first-order chi connectivity index (χ1) is 7.79. The molecule has 0 bridgehead atoms. The van der Waals surface area contributed by atoms with Gasteiger partial charge < -0.3 is 10.0 Å². The lowest BCUT2D eigenvalue weighted by Gasteiger charge is -2.22. The number of hydrogen-bond donors (Lipinski definition) is 1. The molecule has 1 amide bonds. The van der Waals surface area contributed by atoms with Gasteiger partial charge in [0, 0.05) is 24.4 Å². The molecule has 1 fully saturated rings. The third-order valence-corrected chi connectivity index (χ3v) is 2.87. The molecule has 6 heteroatoms. The van der Waals surface area contributed by atoms with Crippen LogP contribution in [0.1, 0.15) is 32.1 Å². The van der Waals surface area contributed by atoms with E-state index in [2.05, 4.69) is 10.0 Å². The Kier molecular flexibility index (Phi) is 5.67. The van der Waals surface area contributed by atoms with Crippen LogP contribution in [0.5, 0.6) is 0 Å². The van der Waals surface area contributed by atoms with Crippen LogP contribution in [0.4, 0.5) is 0 Å². The molecular weight excluding hydrogens is 208 g/mol. The number of azide groups is 1. The van der Waals surface area contributed by atoms with E-state index in [-0.39, 0.29) is 18.6 Å². The number of aliphatic hydroxyl groups excluding tert-OH is 1. The van der Waals surface area contributed by atoms with E-state index in [0.717, 1.165) is 32.2 Å². The predicted octanol–water partition coefficient (Wildman–Crippen LogP) is 1.45. The van der Waals surface area contributed by atoms with E-state index >= 15 is 0 Å². The fourth-order valence-electron chi connectivity index (χ4n) is 2.00. The summed E-state index contributed by atoms with van der Waals surface area (Å²) in [6.07, 6.45) is 3.86. The Hall–Kier alpha value is -1.26. The van der Waals surface area contributed by atoms with Crippen molar-refractivity contribution in [2.45, 2.75) is 38.1 Å². The molecule has 0 aromatic rings. The van der Waals surface area contributed by atoms with Gasteiger partial charge in [0.15, 0.2) is 0 Å². The van der Waals surface area contributed by atoms with Crippen molar-refractivity contribution in [2.24, 2.45) is 5.11 Å². The lowest BCUT2D eigenvalue weighted by Crippen LogP contribution is -2.37. The smallest absolute Gasteiger partial charge is 0.222 e. The van der Waals surface area contributed by atoms with Crippen molar-refractivity contribution < 1.29 is 9.90 Å². The fourth-order valence-corrected chi connectivity index (χ4v) is 2.00. The normalized spacial score (nSPS) is 19.6. The lowest BCUT2D eigenvalue weighted by molar-refractivity contribution is -0.132. The summed E-state index contributed by atoms with van der Waals surface area (Å²) < 4.78 is 0. The van der Waals surface area contributed by atoms with Crippen molar-refractivity contribution in [2.75, 3.05) is 19.7 Å². The molecule has 1 unspecified atom stereocenters. The zero-order chi connectivity index (χ0) is 11.8. The predicted molar refractivity (Wildman–Crippen MR) is 59.7 cm³/mol. The van der Waals surface area contributed by atoms with Gasteiger partial charge in [-0.25, -0.2) is 0 Å². The van der Waals surface area contributed by atoms with Gasteiger partial charge in [0.2, 0.25) is 5.91 Å². The molecule has 16 heavy (non-hydrogen) atoms. The molecule has 0 aromatic carbocycles. The standard InChI is InChI=1S/C10H18N4O2/c11-13-12-6-2-1-5-10(16)14-7-3-4-9(14)8-15/h9,15H,1-8H2. The van der Waals surface area contributed by atoms with Crippen LogP contribution in [-0.2, 0) is 4.79 Å². The number of amides is 1. The molecule has 90 valence electrons. The zero-order valence-corrected chi connectivity index (χ0v) is 9.38. The van der Waals surface area contributed by atoms with Crippen molar-refractivity contribution in [1.29, 1.82) is 0 Å². The summed E-state index contributed by atoms with van der Waals surface area (Å²) >= 11 is 0. The summed E-state index contributed by atoms with van der Waals surface area (Å²) in [5.41, 5.74) is 8.07. The van der Waals surface area contributed by atoms with E-state index in [1.165, 1.54) is 0 Å². The molecule has 0 saturated carbocycles. The molecular formula is C10H18N4O2. The highest BCUT2D eigenvalue weighted by Crippen LogP contribution is 2.18. The number of carbonyl (C=O) groups excluding carboxylic acids is 1. The number of rotatable bonds is 6. The first-order valence-electron chi connectivity index (χ1n) is 5.70. The third-order valence-electron chi connectivity index (χ3n) is 2.87. The Morgan fingerprint density at radius 3 is 3.06 bits per heavy atom. The number of aliphatic hydroxyl groups is 1. The van der Waals surface area contributed by atoms with Crippen molar-refractivity contribution in [3.63, 3.8) is 0 Å². The van der Waals surface area contributed by atoms with Gasteiger partial charge in [-0.2, -0.15) is 0 Å². The molecule has 1 atom stereocenters. The first kappa shape index (κ1) is 12.8. The number of carbonyl (C=O) groups is 1. The minimum absolute atomic E-state index is 0.0182. The molecule has 1 aliphatic heterocycles. The summed E-state index contributed by atoms with van der Waals surface area (Å²) in [6, 6.07) is 0.0182. The molecule has 1 aliphatic rings. The molecule has 0 spiro atoms. The minimum atomic E-state index is 0.0182. The van der Waals surface area contributed by atoms with Crippen molar-refractivity contribution in [3.8, 4) is 0 Å². The Balaban J connectivity index is 2.21. The summed E-state index contributed by atoms with van der Waals surface area (Å²) in [5.74, 6) is 0.109. The van der Waals surface area contributed by atoms with Crippen LogP contribution in [0.2, 0.25) is 0 Å². The van der Waals surface area contributed by atoms with Gasteiger partial charge in [-0.3, -0.25) is 4.79 Å². The largest absolute Gasteiger partial charge is 0.394 e. The van der Waals surface area contributed by atoms with Crippen LogP contribution in [0, 0.1) is 0 Å². The lowest BCUT2D eigenvalue weighted by atomic mass is 10.2. The van der Waals surface area contributed by atoms with Crippen LogP contribution in [-0.4, -0.2) is 41.7 Å².